The van der Waals surface area contributed by atoms with Crippen molar-refractivity contribution in [2.45, 2.75) is 46.6 Å². The molecule has 3 fully saturated rings. The average molecular weight is 445 g/mol. The molecular formula is C25H37FN4O2. The van der Waals surface area contributed by atoms with Gasteiger partial charge in [0.05, 0.1) is 5.41 Å². The van der Waals surface area contributed by atoms with Crippen molar-refractivity contribution in [3.05, 3.63) is 35.6 Å². The summed E-state index contributed by atoms with van der Waals surface area (Å²) in [5, 5.41) is 2.93. The molecule has 3 heterocycles. The first kappa shape index (κ1) is 23.0. The molecule has 1 atom stereocenters. The van der Waals surface area contributed by atoms with Gasteiger partial charge in [-0.05, 0) is 49.8 Å². The third-order valence-corrected chi connectivity index (χ3v) is 7.89. The van der Waals surface area contributed by atoms with E-state index < -0.39 is 0 Å². The predicted molar refractivity (Wildman–Crippen MR) is 122 cm³/mol. The van der Waals surface area contributed by atoms with Gasteiger partial charge in [-0.1, -0.05) is 26.0 Å². The SMILES string of the molecule is CCN1CCC2(CN(CC(C)C)CC23CCN(C(=O)NCc2cccc(F)c2)CC3)C1=O. The number of nitrogens with one attached hydrogen (secondary N) is 1. The topological polar surface area (TPSA) is 55.9 Å². The second-order valence-electron chi connectivity index (χ2n) is 10.3. The highest BCUT2D eigenvalue weighted by atomic mass is 19.1. The summed E-state index contributed by atoms with van der Waals surface area (Å²) in [4.78, 5) is 32.7. The highest BCUT2D eigenvalue weighted by Gasteiger charge is 2.64. The summed E-state index contributed by atoms with van der Waals surface area (Å²) >= 11 is 0. The van der Waals surface area contributed by atoms with E-state index in [4.69, 9.17) is 0 Å². The van der Waals surface area contributed by atoms with Crippen LogP contribution in [-0.4, -0.2) is 72.5 Å². The average Bonchev–Trinajstić information content (AvgIpc) is 3.23. The van der Waals surface area contributed by atoms with Gasteiger partial charge in [-0.2, -0.15) is 0 Å². The van der Waals surface area contributed by atoms with Crippen LogP contribution in [0.1, 0.15) is 45.6 Å². The molecule has 1 aromatic rings. The summed E-state index contributed by atoms with van der Waals surface area (Å²) in [6.45, 7) is 12.6. The Morgan fingerprint density at radius 3 is 2.53 bits per heavy atom. The second-order valence-corrected chi connectivity index (χ2v) is 10.3. The highest BCUT2D eigenvalue weighted by molar-refractivity contribution is 5.87. The van der Waals surface area contributed by atoms with Crippen LogP contribution in [0.25, 0.3) is 0 Å². The lowest BCUT2D eigenvalue weighted by molar-refractivity contribution is -0.141. The monoisotopic (exact) mass is 444 g/mol. The minimum atomic E-state index is -0.304. The van der Waals surface area contributed by atoms with Gasteiger partial charge in [0.15, 0.2) is 0 Å². The maximum absolute atomic E-state index is 13.5. The molecule has 0 aliphatic carbocycles. The van der Waals surface area contributed by atoms with Crippen molar-refractivity contribution < 1.29 is 14.0 Å². The molecule has 3 amide bonds. The number of rotatable bonds is 5. The Kier molecular flexibility index (Phi) is 6.48. The van der Waals surface area contributed by atoms with E-state index in [1.165, 1.54) is 12.1 Å². The number of fused-ring (bicyclic) bond motifs is 1. The maximum Gasteiger partial charge on any atom is 0.317 e. The molecule has 0 saturated carbocycles. The molecular weight excluding hydrogens is 407 g/mol. The van der Waals surface area contributed by atoms with Crippen LogP contribution in [0.5, 0.6) is 0 Å². The van der Waals surface area contributed by atoms with Crippen LogP contribution < -0.4 is 5.32 Å². The summed E-state index contributed by atoms with van der Waals surface area (Å²) in [7, 11) is 0. The number of likely N-dealkylation sites (tertiary alicyclic amines) is 3. The number of amides is 3. The molecule has 176 valence electrons. The number of nitrogens with zero attached hydrogens (tertiary/aromatic N) is 3. The third-order valence-electron chi connectivity index (χ3n) is 7.89. The molecule has 1 aromatic carbocycles. The number of hydrogen-bond donors (Lipinski definition) is 1. The zero-order valence-corrected chi connectivity index (χ0v) is 19.7. The second kappa shape index (κ2) is 9.00. The lowest BCUT2D eigenvalue weighted by Crippen LogP contribution is -2.54. The smallest absolute Gasteiger partial charge is 0.317 e. The molecule has 4 rings (SSSR count). The molecule has 32 heavy (non-hydrogen) atoms. The summed E-state index contributed by atoms with van der Waals surface area (Å²) < 4.78 is 13.4. The van der Waals surface area contributed by atoms with E-state index in [1.54, 1.807) is 6.07 Å². The number of benzene rings is 1. The standard InChI is InChI=1S/C25H37FN4O2/c1-4-29-13-10-25(22(29)31)18-28(16-19(2)3)17-24(25)8-11-30(12-9-24)23(32)27-15-20-6-5-7-21(26)14-20/h5-7,14,19H,4,8-13,15-18H2,1-3H3,(H,27,32). The van der Waals surface area contributed by atoms with Crippen molar-refractivity contribution in [2.24, 2.45) is 16.7 Å². The van der Waals surface area contributed by atoms with Crippen LogP contribution in [0.3, 0.4) is 0 Å². The van der Waals surface area contributed by atoms with E-state index in [2.05, 4.69) is 31.0 Å². The first-order valence-corrected chi connectivity index (χ1v) is 12.1. The minimum absolute atomic E-state index is 0.0533. The van der Waals surface area contributed by atoms with Crippen LogP contribution >= 0.6 is 0 Å². The van der Waals surface area contributed by atoms with Crippen molar-refractivity contribution in [2.75, 3.05) is 45.8 Å². The molecule has 3 saturated heterocycles. The van der Waals surface area contributed by atoms with E-state index in [1.807, 2.05) is 15.9 Å². The summed E-state index contributed by atoms with van der Waals surface area (Å²) in [6, 6.07) is 6.21. The Balaban J connectivity index is 1.43. The maximum atomic E-state index is 13.5. The fourth-order valence-electron chi connectivity index (χ4n) is 6.32. The van der Waals surface area contributed by atoms with E-state index in [0.717, 1.165) is 57.5 Å². The lowest BCUT2D eigenvalue weighted by Gasteiger charge is -2.47. The van der Waals surface area contributed by atoms with E-state index in [-0.39, 0.29) is 22.7 Å². The highest BCUT2D eigenvalue weighted by Crippen LogP contribution is 2.57. The predicted octanol–water partition coefficient (Wildman–Crippen LogP) is 3.33. The van der Waals surface area contributed by atoms with Gasteiger partial charge in [0, 0.05) is 57.8 Å². The van der Waals surface area contributed by atoms with Crippen molar-refractivity contribution in [1.29, 1.82) is 0 Å². The summed E-state index contributed by atoms with van der Waals surface area (Å²) in [5.41, 5.74) is 0.395. The summed E-state index contributed by atoms with van der Waals surface area (Å²) in [6.07, 6.45) is 2.65. The first-order valence-electron chi connectivity index (χ1n) is 12.1. The molecule has 2 spiro atoms. The fourth-order valence-corrected chi connectivity index (χ4v) is 6.32. The van der Waals surface area contributed by atoms with Gasteiger partial charge in [-0.3, -0.25) is 4.79 Å². The van der Waals surface area contributed by atoms with Gasteiger partial charge < -0.3 is 20.0 Å². The van der Waals surface area contributed by atoms with Gasteiger partial charge in [-0.25, -0.2) is 9.18 Å². The van der Waals surface area contributed by atoms with Crippen molar-refractivity contribution >= 4 is 11.9 Å². The van der Waals surface area contributed by atoms with Gasteiger partial charge in [0.25, 0.3) is 0 Å². The fraction of sp³-hybridized carbons (Fsp3) is 0.680. The molecule has 1 N–H and O–H groups in total. The minimum Gasteiger partial charge on any atom is -0.342 e. The van der Waals surface area contributed by atoms with Crippen LogP contribution in [-0.2, 0) is 11.3 Å². The normalized spacial score (nSPS) is 25.5. The van der Waals surface area contributed by atoms with Gasteiger partial charge in [0.1, 0.15) is 5.82 Å². The zero-order chi connectivity index (χ0) is 22.9. The van der Waals surface area contributed by atoms with Crippen LogP contribution in [0.4, 0.5) is 9.18 Å². The molecule has 1 unspecified atom stereocenters. The molecule has 0 bridgehead atoms. The Hall–Kier alpha value is -2.15. The van der Waals surface area contributed by atoms with E-state index >= 15 is 0 Å². The quantitative estimate of drug-likeness (QED) is 0.758. The van der Waals surface area contributed by atoms with E-state index in [9.17, 15) is 14.0 Å². The molecule has 0 aromatic heterocycles. The molecule has 0 radical (unpaired) electrons. The zero-order valence-electron chi connectivity index (χ0n) is 19.7. The van der Waals surface area contributed by atoms with Crippen LogP contribution in [0, 0.1) is 22.6 Å². The Labute approximate surface area is 191 Å². The van der Waals surface area contributed by atoms with Crippen LogP contribution in [0.15, 0.2) is 24.3 Å². The van der Waals surface area contributed by atoms with Crippen molar-refractivity contribution in [3.8, 4) is 0 Å². The Bertz CT molecular complexity index is 852. The largest absolute Gasteiger partial charge is 0.342 e. The molecule has 7 heteroatoms. The first-order chi connectivity index (χ1) is 15.3. The van der Waals surface area contributed by atoms with Crippen molar-refractivity contribution in [1.82, 2.24) is 20.0 Å². The van der Waals surface area contributed by atoms with Gasteiger partial charge >= 0.3 is 6.03 Å². The van der Waals surface area contributed by atoms with Crippen molar-refractivity contribution in [3.63, 3.8) is 0 Å². The molecule has 6 nitrogen and oxygen atoms in total. The third kappa shape index (κ3) is 4.12. The number of urea groups is 1. The Morgan fingerprint density at radius 2 is 1.91 bits per heavy atom. The number of halogens is 1. The number of carbonyl (C=O) groups excluding carboxylic acids is 2. The van der Waals surface area contributed by atoms with E-state index in [0.29, 0.717) is 31.5 Å². The van der Waals surface area contributed by atoms with Gasteiger partial charge in [-0.15, -0.1) is 0 Å². The lowest BCUT2D eigenvalue weighted by atomic mass is 9.60. The number of piperidine rings is 1. The van der Waals surface area contributed by atoms with Crippen LogP contribution in [0.2, 0.25) is 0 Å². The molecule has 3 aliphatic heterocycles. The number of carbonyl (C=O) groups is 2. The Morgan fingerprint density at radius 1 is 1.16 bits per heavy atom. The van der Waals surface area contributed by atoms with Gasteiger partial charge in [0.2, 0.25) is 5.91 Å². The molecule has 3 aliphatic rings. The summed E-state index contributed by atoms with van der Waals surface area (Å²) in [5.74, 6) is 0.599. The number of hydrogen-bond acceptors (Lipinski definition) is 3.